The van der Waals surface area contributed by atoms with Gasteiger partial charge in [-0.3, -0.25) is 0 Å². The van der Waals surface area contributed by atoms with Crippen LogP contribution in [0.15, 0.2) is 30.5 Å². The van der Waals surface area contributed by atoms with Gasteiger partial charge in [-0.1, -0.05) is 23.7 Å². The van der Waals surface area contributed by atoms with Crippen molar-refractivity contribution in [2.75, 3.05) is 0 Å². The fourth-order valence-electron chi connectivity index (χ4n) is 1.82. The summed E-state index contributed by atoms with van der Waals surface area (Å²) in [6.07, 6.45) is 0.297. The topological polar surface area (TPSA) is 81.2 Å². The van der Waals surface area contributed by atoms with E-state index in [4.69, 9.17) is 11.6 Å². The van der Waals surface area contributed by atoms with Crippen molar-refractivity contribution in [3.05, 3.63) is 57.0 Å². The van der Waals surface area contributed by atoms with Crippen molar-refractivity contribution in [3.8, 4) is 0 Å². The highest BCUT2D eigenvalue weighted by Gasteiger charge is 2.21. The van der Waals surface area contributed by atoms with Gasteiger partial charge in [0.2, 0.25) is 0 Å². The molecule has 0 amide bonds. The fraction of sp³-hybridized carbons (Fsp3) is 0.250. The predicted molar refractivity (Wildman–Crippen MR) is 70.0 cm³/mol. The Morgan fingerprint density at radius 3 is 2.95 bits per heavy atom. The van der Waals surface area contributed by atoms with E-state index in [2.05, 4.69) is 4.98 Å². The van der Waals surface area contributed by atoms with Crippen LogP contribution in [-0.2, 0) is 6.54 Å². The molecule has 1 atom stereocenters. The molecule has 1 aromatic heterocycles. The summed E-state index contributed by atoms with van der Waals surface area (Å²) in [5.74, 6) is 0.339. The van der Waals surface area contributed by atoms with E-state index < -0.39 is 11.0 Å². The molecule has 0 radical (unpaired) electrons. The third-order valence-corrected chi connectivity index (χ3v) is 3.05. The van der Waals surface area contributed by atoms with Crippen LogP contribution in [0.4, 0.5) is 5.82 Å². The summed E-state index contributed by atoms with van der Waals surface area (Å²) in [6, 6.07) is 6.76. The predicted octanol–water partition coefficient (Wildman–Crippen LogP) is 2.49. The van der Waals surface area contributed by atoms with Gasteiger partial charge in [0.05, 0.1) is 0 Å². The molecule has 2 aromatic rings. The van der Waals surface area contributed by atoms with Gasteiger partial charge in [-0.05, 0) is 22.6 Å². The number of aliphatic hydroxyl groups excluding tert-OH is 1. The molecular weight excluding hydrogens is 270 g/mol. The lowest BCUT2D eigenvalue weighted by Gasteiger charge is -2.11. The number of hydrogen-bond acceptors (Lipinski definition) is 4. The van der Waals surface area contributed by atoms with Crippen LogP contribution < -0.4 is 0 Å². The molecule has 0 bridgehead atoms. The van der Waals surface area contributed by atoms with Crippen molar-refractivity contribution < 1.29 is 10.0 Å². The molecule has 0 fully saturated rings. The largest absolute Gasteiger partial charge is 0.384 e. The quantitative estimate of drug-likeness (QED) is 0.689. The van der Waals surface area contributed by atoms with Gasteiger partial charge in [0.15, 0.2) is 5.82 Å². The molecule has 6 nitrogen and oxygen atoms in total. The number of rotatable bonds is 4. The molecule has 0 spiro atoms. The molecular formula is C12H12ClN3O3. The Labute approximate surface area is 114 Å². The highest BCUT2D eigenvalue weighted by atomic mass is 35.5. The van der Waals surface area contributed by atoms with E-state index in [-0.39, 0.29) is 12.4 Å². The zero-order valence-corrected chi connectivity index (χ0v) is 10.9. The molecule has 0 saturated carbocycles. The number of imidazole rings is 1. The highest BCUT2D eigenvalue weighted by molar-refractivity contribution is 6.30. The van der Waals surface area contributed by atoms with Crippen LogP contribution in [0, 0.1) is 17.0 Å². The maximum atomic E-state index is 10.8. The van der Waals surface area contributed by atoms with Gasteiger partial charge < -0.3 is 15.2 Å². The van der Waals surface area contributed by atoms with Gasteiger partial charge in [0.1, 0.15) is 18.8 Å². The van der Waals surface area contributed by atoms with Gasteiger partial charge in [-0.15, -0.1) is 0 Å². The minimum atomic E-state index is -0.884. The summed E-state index contributed by atoms with van der Waals surface area (Å²) in [7, 11) is 0. The van der Waals surface area contributed by atoms with Gasteiger partial charge >= 0.3 is 5.82 Å². The summed E-state index contributed by atoms with van der Waals surface area (Å²) in [5, 5.41) is 21.5. The lowest BCUT2D eigenvalue weighted by molar-refractivity contribution is -0.392. The van der Waals surface area contributed by atoms with Crippen LogP contribution >= 0.6 is 11.6 Å². The van der Waals surface area contributed by atoms with Crippen LogP contribution in [0.1, 0.15) is 17.5 Å². The number of nitro groups is 1. The molecule has 7 heteroatoms. The van der Waals surface area contributed by atoms with Crippen molar-refractivity contribution in [2.24, 2.45) is 0 Å². The van der Waals surface area contributed by atoms with E-state index in [1.54, 1.807) is 31.2 Å². The number of nitrogens with zero attached hydrogens (tertiary/aromatic N) is 3. The van der Waals surface area contributed by atoms with E-state index in [0.29, 0.717) is 16.4 Å². The van der Waals surface area contributed by atoms with Crippen LogP contribution in [-0.4, -0.2) is 19.6 Å². The van der Waals surface area contributed by atoms with E-state index in [0.717, 1.165) is 0 Å². The summed E-state index contributed by atoms with van der Waals surface area (Å²) in [5.41, 5.74) is 0.606. The third-order valence-electron chi connectivity index (χ3n) is 2.81. The molecule has 1 heterocycles. The molecule has 100 valence electrons. The van der Waals surface area contributed by atoms with Crippen molar-refractivity contribution in [1.82, 2.24) is 9.55 Å². The van der Waals surface area contributed by atoms with Gasteiger partial charge in [-0.25, -0.2) is 9.55 Å². The Hall–Kier alpha value is -1.92. The monoisotopic (exact) mass is 281 g/mol. The number of benzene rings is 1. The van der Waals surface area contributed by atoms with E-state index in [1.807, 2.05) is 0 Å². The second-order valence-corrected chi connectivity index (χ2v) is 4.54. The molecule has 2 rings (SSSR count). The summed E-state index contributed by atoms with van der Waals surface area (Å²) < 4.78 is 1.37. The summed E-state index contributed by atoms with van der Waals surface area (Å²) in [6.45, 7) is 1.71. The lowest BCUT2D eigenvalue weighted by Crippen LogP contribution is -2.12. The van der Waals surface area contributed by atoms with Crippen molar-refractivity contribution in [2.45, 2.75) is 19.6 Å². The Balaban J connectivity index is 2.26. The first-order valence-corrected chi connectivity index (χ1v) is 5.97. The number of aliphatic hydroxyl groups is 1. The van der Waals surface area contributed by atoms with E-state index in [1.165, 1.54) is 10.8 Å². The average Bonchev–Trinajstić information content (AvgIpc) is 2.71. The van der Waals surface area contributed by atoms with Gasteiger partial charge in [-0.2, -0.15) is 0 Å². The maximum Gasteiger partial charge on any atom is 0.342 e. The second-order valence-electron chi connectivity index (χ2n) is 4.10. The zero-order valence-electron chi connectivity index (χ0n) is 10.2. The first-order valence-electron chi connectivity index (χ1n) is 5.59. The molecule has 0 aliphatic heterocycles. The maximum absolute atomic E-state index is 10.8. The van der Waals surface area contributed by atoms with E-state index >= 15 is 0 Å². The van der Waals surface area contributed by atoms with Crippen LogP contribution in [0.25, 0.3) is 0 Å². The number of hydrogen-bond donors (Lipinski definition) is 1. The molecule has 0 unspecified atom stereocenters. The second kappa shape index (κ2) is 5.38. The molecule has 1 aromatic carbocycles. The molecule has 1 N–H and O–H groups in total. The summed E-state index contributed by atoms with van der Waals surface area (Å²) in [4.78, 5) is 14.2. The molecule has 0 saturated heterocycles. The van der Waals surface area contributed by atoms with Crippen LogP contribution in [0.5, 0.6) is 0 Å². The third kappa shape index (κ3) is 2.91. The Bertz CT molecular complexity index is 612. The first-order chi connectivity index (χ1) is 8.99. The van der Waals surface area contributed by atoms with Crippen molar-refractivity contribution in [1.29, 1.82) is 0 Å². The number of halogens is 1. The Morgan fingerprint density at radius 2 is 2.32 bits per heavy atom. The first kappa shape index (κ1) is 13.5. The number of aromatic nitrogens is 2. The SMILES string of the molecule is Cc1ncc([N+](=O)[O-])n1C[C@H](O)c1cccc(Cl)c1. The number of aryl methyl sites for hydroxylation is 1. The van der Waals surface area contributed by atoms with Crippen molar-refractivity contribution in [3.63, 3.8) is 0 Å². The van der Waals surface area contributed by atoms with E-state index in [9.17, 15) is 15.2 Å². The lowest BCUT2D eigenvalue weighted by atomic mass is 10.1. The molecule has 19 heavy (non-hydrogen) atoms. The Morgan fingerprint density at radius 1 is 1.58 bits per heavy atom. The van der Waals surface area contributed by atoms with Crippen LogP contribution in [0.2, 0.25) is 5.02 Å². The molecule has 0 aliphatic carbocycles. The van der Waals surface area contributed by atoms with Crippen LogP contribution in [0.3, 0.4) is 0 Å². The highest BCUT2D eigenvalue weighted by Crippen LogP contribution is 2.22. The average molecular weight is 282 g/mol. The minimum absolute atomic E-state index is 0.0580. The van der Waals surface area contributed by atoms with Crippen molar-refractivity contribution >= 4 is 17.4 Å². The Kier molecular flexibility index (Phi) is 3.82. The normalized spacial score (nSPS) is 12.4. The van der Waals surface area contributed by atoms with Gasteiger partial charge in [0.25, 0.3) is 0 Å². The molecule has 0 aliphatic rings. The zero-order chi connectivity index (χ0) is 14.0. The fourth-order valence-corrected chi connectivity index (χ4v) is 2.02. The van der Waals surface area contributed by atoms with Gasteiger partial charge in [0, 0.05) is 11.9 Å². The standard InChI is InChI=1S/C12H12ClN3O3/c1-8-14-6-12(16(18)19)15(8)7-11(17)9-3-2-4-10(13)5-9/h2-6,11,17H,7H2,1H3/t11-/m0/s1. The minimum Gasteiger partial charge on any atom is -0.384 e. The summed E-state index contributed by atoms with van der Waals surface area (Å²) >= 11 is 5.85. The smallest absolute Gasteiger partial charge is 0.342 e.